The Morgan fingerprint density at radius 1 is 0.545 bits per heavy atom. The summed E-state index contributed by atoms with van der Waals surface area (Å²) < 4.78 is 18.7. The molecule has 4 rings (SSSR count). The van der Waals surface area contributed by atoms with Gasteiger partial charge in [-0.15, -0.1) is 0 Å². The molecule has 0 bridgehead atoms. The van der Waals surface area contributed by atoms with Crippen molar-refractivity contribution in [3.63, 3.8) is 0 Å². The molecule has 33 heavy (non-hydrogen) atoms. The summed E-state index contributed by atoms with van der Waals surface area (Å²) in [7, 11) is -3.13. The molecule has 0 atom stereocenters. The Morgan fingerprint density at radius 3 is 1.48 bits per heavy atom. The molecule has 0 aliphatic carbocycles. The maximum absolute atomic E-state index is 13.1. The van der Waals surface area contributed by atoms with Gasteiger partial charge in [-0.2, -0.15) is 0 Å². The molecule has 0 aliphatic rings. The van der Waals surface area contributed by atoms with Gasteiger partial charge in [0.05, 0.1) is 0 Å². The average Bonchev–Trinajstić information content (AvgIpc) is 2.82. The van der Waals surface area contributed by atoms with Gasteiger partial charge in [0.25, 0.3) is 0 Å². The van der Waals surface area contributed by atoms with Crippen molar-refractivity contribution in [3.05, 3.63) is 114 Å². The summed E-state index contributed by atoms with van der Waals surface area (Å²) in [4.78, 5) is 13.1. The molecule has 0 unspecified atom stereocenters. The van der Waals surface area contributed by atoms with Gasteiger partial charge in [-0.25, -0.2) is 0 Å². The fourth-order valence-corrected chi connectivity index (χ4v) is 7.89. The fraction of sp³-hybridized carbons (Fsp3) is 0.143. The third-order valence-corrected chi connectivity index (χ3v) is 9.56. The zero-order chi connectivity index (χ0) is 23.5. The zero-order valence-corrected chi connectivity index (χ0v) is 20.3. The maximum atomic E-state index is 13.1. The van der Waals surface area contributed by atoms with Crippen molar-refractivity contribution in [2.24, 2.45) is 0 Å². The van der Waals surface area contributed by atoms with Crippen LogP contribution in [-0.4, -0.2) is 12.0 Å². The van der Waals surface area contributed by atoms with Gasteiger partial charge in [0.15, 0.2) is 0 Å². The molecule has 5 heteroatoms. The summed E-state index contributed by atoms with van der Waals surface area (Å²) in [6.45, 7) is 5.88. The molecular formula is C28H29O4P. The first-order valence-corrected chi connectivity index (χ1v) is 12.9. The third kappa shape index (κ3) is 4.20. The van der Waals surface area contributed by atoms with E-state index in [0.717, 1.165) is 16.7 Å². The first-order chi connectivity index (χ1) is 15.8. The first kappa shape index (κ1) is 22.8. The van der Waals surface area contributed by atoms with Crippen LogP contribution < -0.4 is 24.4 Å². The van der Waals surface area contributed by atoms with Crippen molar-refractivity contribution in [2.45, 2.75) is 20.8 Å². The average molecular weight is 461 g/mol. The Labute approximate surface area is 195 Å². The van der Waals surface area contributed by atoms with Gasteiger partial charge < -0.3 is 0 Å². The number of methoxy groups -OCH3 is 1. The van der Waals surface area contributed by atoms with Crippen LogP contribution in [0, 0.1) is 20.8 Å². The van der Waals surface area contributed by atoms with Crippen LogP contribution in [0.5, 0.6) is 17.2 Å². The van der Waals surface area contributed by atoms with Crippen molar-refractivity contribution in [1.82, 2.24) is 0 Å². The summed E-state index contributed by atoms with van der Waals surface area (Å²) in [6.07, 6.45) is 0. The summed E-state index contributed by atoms with van der Waals surface area (Å²) in [5, 5.41) is 1.24. The van der Waals surface area contributed by atoms with E-state index >= 15 is 0 Å². The number of para-hydroxylation sites is 1. The van der Waals surface area contributed by atoms with E-state index in [0.29, 0.717) is 27.9 Å². The van der Waals surface area contributed by atoms with Crippen LogP contribution >= 0.6 is 7.28 Å². The second-order valence-corrected chi connectivity index (χ2v) is 11.3. The normalized spacial score (nSPS) is 12.5. The van der Waals surface area contributed by atoms with Crippen LogP contribution in [0.2, 0.25) is 0 Å². The quantitative estimate of drug-likeness (QED) is 0.343. The number of ether oxygens (including phenoxy) is 1. The molecule has 0 amide bonds. The molecule has 4 aromatic carbocycles. The zero-order valence-electron chi connectivity index (χ0n) is 19.4. The molecule has 0 aliphatic heterocycles. The third-order valence-electron chi connectivity index (χ3n) is 5.78. The van der Waals surface area contributed by atoms with Gasteiger partial charge >= 0.3 is 195 Å². The molecule has 0 heterocycles. The summed E-state index contributed by atoms with van der Waals surface area (Å²) in [5.41, 5.74) is 2.66. The van der Waals surface area contributed by atoms with Crippen molar-refractivity contribution >= 4 is 17.9 Å². The van der Waals surface area contributed by atoms with Crippen molar-refractivity contribution in [3.8, 4) is 17.2 Å². The number of rotatable bonds is 7. The molecule has 0 spiro atoms. The summed E-state index contributed by atoms with van der Waals surface area (Å²) in [6, 6.07) is 30.2. The second kappa shape index (κ2) is 8.90. The van der Waals surface area contributed by atoms with Gasteiger partial charge in [-0.3, -0.25) is 0 Å². The molecule has 0 saturated carbocycles. The van der Waals surface area contributed by atoms with Gasteiger partial charge in [0.1, 0.15) is 0 Å². The molecular weight excluding hydrogens is 431 g/mol. The SMILES string of the molecule is COc1ccc(OP(O)(Oc2ccccc2C)(c2ccccc2C)c2ccccc2C)cc1. The molecule has 1 N–H and O–H groups in total. The number of hydrogen-bond acceptors (Lipinski definition) is 4. The van der Waals surface area contributed by atoms with Crippen LogP contribution in [0.1, 0.15) is 16.7 Å². The molecule has 0 fully saturated rings. The van der Waals surface area contributed by atoms with E-state index in [-0.39, 0.29) is 0 Å². The Balaban J connectivity index is 2.06. The monoisotopic (exact) mass is 460 g/mol. The molecule has 0 aromatic heterocycles. The van der Waals surface area contributed by atoms with Crippen LogP contribution in [0.15, 0.2) is 97.1 Å². The minimum atomic E-state index is -4.74. The van der Waals surface area contributed by atoms with E-state index in [1.807, 2.05) is 93.6 Å². The molecule has 4 nitrogen and oxygen atoms in total. The predicted octanol–water partition coefficient (Wildman–Crippen LogP) is 6.02. The number of hydrogen-bond donors (Lipinski definition) is 1. The van der Waals surface area contributed by atoms with Crippen LogP contribution in [0.4, 0.5) is 0 Å². The standard InChI is InChI=1S/C28H29O4P/c1-21-11-5-8-14-26(21)32-33(29,27-15-9-6-12-22(27)2,28-16-10-7-13-23(28)3)31-25-19-17-24(30-4)18-20-25/h5-20,29H,1-4H3. The topological polar surface area (TPSA) is 47.9 Å². The summed E-state index contributed by atoms with van der Waals surface area (Å²) in [5.74, 6) is 1.75. The molecule has 0 saturated heterocycles. The number of aryl methyl sites for hydroxylation is 3. The van der Waals surface area contributed by atoms with Crippen LogP contribution in [0.25, 0.3) is 0 Å². The summed E-state index contributed by atoms with van der Waals surface area (Å²) >= 11 is 0. The first-order valence-electron chi connectivity index (χ1n) is 10.8. The van der Waals surface area contributed by atoms with E-state index in [9.17, 15) is 4.89 Å². The molecule has 170 valence electrons. The van der Waals surface area contributed by atoms with Gasteiger partial charge in [0.2, 0.25) is 0 Å². The Morgan fingerprint density at radius 2 is 1.00 bits per heavy atom. The van der Waals surface area contributed by atoms with Crippen molar-refractivity contribution in [1.29, 1.82) is 0 Å². The van der Waals surface area contributed by atoms with Crippen molar-refractivity contribution in [2.75, 3.05) is 7.11 Å². The van der Waals surface area contributed by atoms with Gasteiger partial charge in [-0.1, -0.05) is 0 Å². The fourth-order valence-electron chi connectivity index (χ4n) is 4.03. The second-order valence-electron chi connectivity index (χ2n) is 8.11. The van der Waals surface area contributed by atoms with E-state index in [4.69, 9.17) is 13.8 Å². The van der Waals surface area contributed by atoms with E-state index in [1.54, 1.807) is 31.4 Å². The van der Waals surface area contributed by atoms with Crippen LogP contribution in [0.3, 0.4) is 0 Å². The van der Waals surface area contributed by atoms with Crippen molar-refractivity contribution < 1.29 is 18.7 Å². The Bertz CT molecular complexity index is 1220. The number of benzene rings is 4. The molecule has 4 aromatic rings. The van der Waals surface area contributed by atoms with E-state index in [2.05, 4.69) is 0 Å². The van der Waals surface area contributed by atoms with E-state index < -0.39 is 7.28 Å². The van der Waals surface area contributed by atoms with Gasteiger partial charge in [0, 0.05) is 0 Å². The Hall–Kier alpha value is -3.33. The predicted molar refractivity (Wildman–Crippen MR) is 136 cm³/mol. The molecule has 0 radical (unpaired) electrons. The van der Waals surface area contributed by atoms with Crippen LogP contribution in [-0.2, 0) is 0 Å². The van der Waals surface area contributed by atoms with E-state index in [1.165, 1.54) is 0 Å². The Kier molecular flexibility index (Phi) is 6.16. The van der Waals surface area contributed by atoms with Gasteiger partial charge in [-0.05, 0) is 0 Å². The minimum absolute atomic E-state index is 0.482.